The van der Waals surface area contributed by atoms with Crippen molar-refractivity contribution in [3.63, 3.8) is 0 Å². The van der Waals surface area contributed by atoms with Gasteiger partial charge >= 0.3 is 5.97 Å². The van der Waals surface area contributed by atoms with Crippen molar-refractivity contribution >= 4 is 11.8 Å². The molecule has 34 heavy (non-hydrogen) atoms. The maximum atomic E-state index is 13.4. The van der Waals surface area contributed by atoms with Gasteiger partial charge in [0.2, 0.25) is 0 Å². The van der Waals surface area contributed by atoms with E-state index in [0.29, 0.717) is 29.7 Å². The topological polar surface area (TPSA) is 93.1 Å². The molecule has 6 heteroatoms. The van der Waals surface area contributed by atoms with Gasteiger partial charge in [0.25, 0.3) is 0 Å². The molecule has 3 rings (SSSR count). The van der Waals surface area contributed by atoms with Gasteiger partial charge in [-0.25, -0.2) is 0 Å². The van der Waals surface area contributed by atoms with E-state index in [9.17, 15) is 19.8 Å². The van der Waals surface area contributed by atoms with E-state index in [0.717, 1.165) is 22.4 Å². The number of carbonyl (C=O) groups is 2. The predicted molar refractivity (Wildman–Crippen MR) is 131 cm³/mol. The minimum absolute atomic E-state index is 0.336. The Balaban J connectivity index is 1.96. The Labute approximate surface area is 199 Å². The third-order valence-corrected chi connectivity index (χ3v) is 6.10. The highest BCUT2D eigenvalue weighted by molar-refractivity contribution is 5.98. The molecule has 0 saturated heterocycles. The zero-order valence-corrected chi connectivity index (χ0v) is 19.7. The smallest absolute Gasteiger partial charge is 0.313 e. The highest BCUT2D eigenvalue weighted by atomic mass is 16.5. The first-order valence-corrected chi connectivity index (χ1v) is 11.0. The van der Waals surface area contributed by atoms with E-state index in [1.165, 1.54) is 13.2 Å². The molecule has 2 aromatic rings. The Morgan fingerprint density at radius 3 is 2.35 bits per heavy atom. The van der Waals surface area contributed by atoms with Crippen molar-refractivity contribution in [2.75, 3.05) is 14.2 Å². The van der Waals surface area contributed by atoms with Crippen LogP contribution in [0.1, 0.15) is 36.5 Å². The number of carbonyl (C=O) groups excluding carboxylic acids is 1. The van der Waals surface area contributed by atoms with Gasteiger partial charge < -0.3 is 19.7 Å². The summed E-state index contributed by atoms with van der Waals surface area (Å²) in [6, 6.07) is 14.5. The summed E-state index contributed by atoms with van der Waals surface area (Å²) in [6.45, 7) is 5.75. The second-order valence-electron chi connectivity index (χ2n) is 8.51. The number of rotatable bonds is 10. The number of aliphatic hydroxyl groups is 1. The number of ketones is 1. The SMILES string of the molecule is C=C(C)CCC1=C(OC)C=CC(C(=O)O)C1(O)CC(=O)c1cccc(-c2ccc(OC)cc2)c1. The number of allylic oxidation sites excluding steroid dienone is 2. The maximum Gasteiger partial charge on any atom is 0.313 e. The summed E-state index contributed by atoms with van der Waals surface area (Å²) in [5.41, 5.74) is 1.47. The molecule has 0 radical (unpaired) electrons. The lowest BCUT2D eigenvalue weighted by Crippen LogP contribution is -2.47. The summed E-state index contributed by atoms with van der Waals surface area (Å²) in [7, 11) is 3.06. The molecule has 1 aliphatic carbocycles. The van der Waals surface area contributed by atoms with E-state index in [-0.39, 0.29) is 5.78 Å². The summed E-state index contributed by atoms with van der Waals surface area (Å²) in [4.78, 5) is 25.4. The lowest BCUT2D eigenvalue weighted by molar-refractivity contribution is -0.146. The van der Waals surface area contributed by atoms with Crippen LogP contribution in [0.3, 0.4) is 0 Å². The van der Waals surface area contributed by atoms with Crippen molar-refractivity contribution in [1.82, 2.24) is 0 Å². The van der Waals surface area contributed by atoms with Gasteiger partial charge in [-0.1, -0.05) is 42.0 Å². The molecular formula is C28H30O6. The fourth-order valence-electron chi connectivity index (χ4n) is 4.22. The number of hydrogen-bond acceptors (Lipinski definition) is 5. The van der Waals surface area contributed by atoms with Crippen LogP contribution in [0.25, 0.3) is 11.1 Å². The Bertz CT molecular complexity index is 1140. The Morgan fingerprint density at radius 1 is 1.06 bits per heavy atom. The van der Waals surface area contributed by atoms with Crippen molar-refractivity contribution in [2.45, 2.75) is 31.8 Å². The second kappa shape index (κ2) is 10.5. The molecule has 1 aliphatic rings. The molecule has 2 aromatic carbocycles. The Hall–Kier alpha value is -3.64. The van der Waals surface area contributed by atoms with Crippen molar-refractivity contribution in [3.8, 4) is 16.9 Å². The van der Waals surface area contributed by atoms with E-state index in [4.69, 9.17) is 9.47 Å². The van der Waals surface area contributed by atoms with Gasteiger partial charge in [-0.2, -0.15) is 0 Å². The number of ether oxygens (including phenoxy) is 2. The molecule has 0 amide bonds. The van der Waals surface area contributed by atoms with E-state index < -0.39 is 23.9 Å². The predicted octanol–water partition coefficient (Wildman–Crippen LogP) is 5.19. The fourth-order valence-corrected chi connectivity index (χ4v) is 4.22. The van der Waals surface area contributed by atoms with Crippen molar-refractivity contribution in [3.05, 3.63) is 89.7 Å². The highest BCUT2D eigenvalue weighted by Crippen LogP contribution is 2.41. The molecule has 0 fully saturated rings. The normalized spacial score (nSPS) is 19.6. The zero-order chi connectivity index (χ0) is 24.9. The standard InChI is InChI=1S/C28H30O6/c1-18(2)8-13-23-26(34-4)15-14-24(27(30)31)28(23,32)17-25(29)21-7-5-6-20(16-21)19-9-11-22(33-3)12-10-19/h5-7,9-12,14-16,24,32H,1,8,13,17H2,2-4H3,(H,30,31). The first-order valence-electron chi connectivity index (χ1n) is 11.0. The molecule has 0 heterocycles. The van der Waals surface area contributed by atoms with Crippen LogP contribution >= 0.6 is 0 Å². The molecule has 178 valence electrons. The van der Waals surface area contributed by atoms with Crippen LogP contribution < -0.4 is 4.74 Å². The van der Waals surface area contributed by atoms with E-state index >= 15 is 0 Å². The lowest BCUT2D eigenvalue weighted by atomic mass is 9.71. The molecule has 2 unspecified atom stereocenters. The number of carboxylic acid groups (broad SMARTS) is 1. The van der Waals surface area contributed by atoms with Crippen LogP contribution in [-0.2, 0) is 9.53 Å². The lowest BCUT2D eigenvalue weighted by Gasteiger charge is -2.37. The average molecular weight is 463 g/mol. The number of aliphatic carboxylic acids is 1. The second-order valence-corrected chi connectivity index (χ2v) is 8.51. The number of benzene rings is 2. The van der Waals surface area contributed by atoms with Crippen molar-refractivity contribution in [1.29, 1.82) is 0 Å². The molecule has 0 spiro atoms. The monoisotopic (exact) mass is 462 g/mol. The molecular weight excluding hydrogens is 432 g/mol. The molecule has 6 nitrogen and oxygen atoms in total. The number of carboxylic acids is 1. The first-order chi connectivity index (χ1) is 16.2. The van der Waals surface area contributed by atoms with Crippen LogP contribution in [-0.4, -0.2) is 41.8 Å². The molecule has 0 bridgehead atoms. The van der Waals surface area contributed by atoms with E-state index in [1.54, 1.807) is 31.4 Å². The number of methoxy groups -OCH3 is 2. The van der Waals surface area contributed by atoms with Gasteiger partial charge in [0.05, 0.1) is 14.2 Å². The largest absolute Gasteiger partial charge is 0.497 e. The number of Topliss-reactive ketones (excluding diaryl/α,β-unsaturated/α-hetero) is 1. The highest BCUT2D eigenvalue weighted by Gasteiger charge is 2.48. The minimum Gasteiger partial charge on any atom is -0.497 e. The van der Waals surface area contributed by atoms with Crippen molar-refractivity contribution < 1.29 is 29.3 Å². The fraction of sp³-hybridized carbons (Fsp3) is 0.286. The molecule has 0 aliphatic heterocycles. The number of hydrogen-bond donors (Lipinski definition) is 2. The zero-order valence-electron chi connectivity index (χ0n) is 19.7. The van der Waals surface area contributed by atoms with E-state index in [1.807, 2.05) is 37.3 Å². The van der Waals surface area contributed by atoms with Gasteiger partial charge in [-0.15, -0.1) is 6.58 Å². The van der Waals surface area contributed by atoms with Crippen LogP contribution in [0.5, 0.6) is 5.75 Å². The molecule has 0 saturated carbocycles. The third-order valence-electron chi connectivity index (χ3n) is 6.10. The van der Waals surface area contributed by atoms with Crippen molar-refractivity contribution in [2.24, 2.45) is 5.92 Å². The van der Waals surface area contributed by atoms with Gasteiger partial charge in [0.15, 0.2) is 5.78 Å². The van der Waals surface area contributed by atoms with Crippen LogP contribution in [0.4, 0.5) is 0 Å². The Morgan fingerprint density at radius 2 is 1.76 bits per heavy atom. The quantitative estimate of drug-likeness (QED) is 0.373. The minimum atomic E-state index is -1.92. The molecule has 2 atom stereocenters. The van der Waals surface area contributed by atoms with E-state index in [2.05, 4.69) is 6.58 Å². The average Bonchev–Trinajstić information content (AvgIpc) is 2.82. The van der Waals surface area contributed by atoms with Gasteiger partial charge in [-0.05, 0) is 55.2 Å². The van der Waals surface area contributed by atoms with Gasteiger partial charge in [0, 0.05) is 17.6 Å². The summed E-state index contributed by atoms with van der Waals surface area (Å²) < 4.78 is 10.6. The summed E-state index contributed by atoms with van der Waals surface area (Å²) in [6.07, 6.45) is 3.41. The van der Waals surface area contributed by atoms with Crippen LogP contribution in [0.2, 0.25) is 0 Å². The van der Waals surface area contributed by atoms with Crippen LogP contribution in [0, 0.1) is 5.92 Å². The Kier molecular flexibility index (Phi) is 7.74. The molecule has 0 aromatic heterocycles. The summed E-state index contributed by atoms with van der Waals surface area (Å²) >= 11 is 0. The maximum absolute atomic E-state index is 13.4. The molecule has 2 N–H and O–H groups in total. The summed E-state index contributed by atoms with van der Waals surface area (Å²) in [5.74, 6) is -1.74. The van der Waals surface area contributed by atoms with Gasteiger partial charge in [-0.3, -0.25) is 9.59 Å². The third kappa shape index (κ3) is 5.29. The summed E-state index contributed by atoms with van der Waals surface area (Å²) in [5, 5.41) is 21.6. The van der Waals surface area contributed by atoms with Gasteiger partial charge in [0.1, 0.15) is 23.0 Å². The first kappa shape index (κ1) is 25.0. The van der Waals surface area contributed by atoms with Crippen LogP contribution in [0.15, 0.2) is 84.2 Å².